The van der Waals surface area contributed by atoms with Crippen molar-refractivity contribution >= 4 is 12.1 Å². The number of amides is 1. The number of carbonyl (C=O) groups is 1. The topological polar surface area (TPSA) is 72.4 Å². The second kappa shape index (κ2) is 7.12. The van der Waals surface area contributed by atoms with Crippen molar-refractivity contribution in [2.45, 2.75) is 20.4 Å². The lowest BCUT2D eigenvalue weighted by molar-refractivity contribution is -0.121. The molecule has 0 saturated carbocycles. The Balaban J connectivity index is 1.60. The van der Waals surface area contributed by atoms with Crippen LogP contribution in [0.3, 0.4) is 0 Å². The van der Waals surface area contributed by atoms with Gasteiger partial charge in [0.15, 0.2) is 0 Å². The first-order valence-corrected chi connectivity index (χ1v) is 7.70. The molecule has 3 aromatic rings. The standard InChI is InChI=1S/C18H17FN4O2/c1-12-9-13(2)23(22-12)11-18(24)21-20-10-14-7-8-17(25-14)15-5-3-4-6-16(15)19/h3-10H,11H2,1-2H3,(H,21,24)/b20-10-. The van der Waals surface area contributed by atoms with Gasteiger partial charge in [-0.05, 0) is 44.2 Å². The summed E-state index contributed by atoms with van der Waals surface area (Å²) < 4.78 is 20.8. The molecule has 1 aromatic carbocycles. The molecule has 0 fully saturated rings. The molecule has 0 unspecified atom stereocenters. The largest absolute Gasteiger partial charge is 0.455 e. The van der Waals surface area contributed by atoms with Crippen molar-refractivity contribution in [3.8, 4) is 11.3 Å². The number of nitrogens with one attached hydrogen (secondary N) is 1. The van der Waals surface area contributed by atoms with Gasteiger partial charge in [-0.15, -0.1) is 0 Å². The maximum atomic E-state index is 13.7. The molecule has 0 atom stereocenters. The first-order valence-electron chi connectivity index (χ1n) is 7.70. The van der Waals surface area contributed by atoms with Crippen molar-refractivity contribution in [3.63, 3.8) is 0 Å². The van der Waals surface area contributed by atoms with E-state index in [1.165, 1.54) is 12.3 Å². The Labute approximate surface area is 144 Å². The SMILES string of the molecule is Cc1cc(C)n(CC(=O)N/N=C\c2ccc(-c3ccccc3F)o2)n1. The van der Waals surface area contributed by atoms with E-state index >= 15 is 0 Å². The molecule has 1 amide bonds. The molecule has 7 heteroatoms. The second-order valence-corrected chi connectivity index (χ2v) is 5.56. The van der Waals surface area contributed by atoms with E-state index in [1.54, 1.807) is 35.0 Å². The number of nitrogens with zero attached hydrogens (tertiary/aromatic N) is 3. The van der Waals surface area contributed by atoms with Crippen LogP contribution < -0.4 is 5.43 Å². The molecule has 0 aliphatic carbocycles. The molecule has 3 rings (SSSR count). The molecule has 1 N–H and O–H groups in total. The zero-order valence-corrected chi connectivity index (χ0v) is 13.9. The fourth-order valence-electron chi connectivity index (χ4n) is 2.40. The molecule has 25 heavy (non-hydrogen) atoms. The lowest BCUT2D eigenvalue weighted by Gasteiger charge is -2.02. The molecule has 128 valence electrons. The maximum absolute atomic E-state index is 13.7. The number of aromatic nitrogens is 2. The van der Waals surface area contributed by atoms with Crippen LogP contribution in [0.25, 0.3) is 11.3 Å². The highest BCUT2D eigenvalue weighted by atomic mass is 19.1. The highest BCUT2D eigenvalue weighted by Gasteiger charge is 2.09. The average molecular weight is 340 g/mol. The van der Waals surface area contributed by atoms with Gasteiger partial charge in [0.25, 0.3) is 5.91 Å². The van der Waals surface area contributed by atoms with Gasteiger partial charge in [-0.3, -0.25) is 9.48 Å². The lowest BCUT2D eigenvalue weighted by atomic mass is 10.1. The van der Waals surface area contributed by atoms with E-state index in [0.29, 0.717) is 17.1 Å². The zero-order valence-electron chi connectivity index (χ0n) is 13.9. The third-order valence-electron chi connectivity index (χ3n) is 3.54. The van der Waals surface area contributed by atoms with Crippen LogP contribution in [-0.4, -0.2) is 21.9 Å². The van der Waals surface area contributed by atoms with Crippen molar-refractivity contribution in [2.75, 3.05) is 0 Å². The van der Waals surface area contributed by atoms with Crippen molar-refractivity contribution in [2.24, 2.45) is 5.10 Å². The van der Waals surface area contributed by atoms with Crippen LogP contribution in [0.2, 0.25) is 0 Å². The molecule has 2 heterocycles. The lowest BCUT2D eigenvalue weighted by Crippen LogP contribution is -2.24. The molecule has 6 nitrogen and oxygen atoms in total. The number of halogens is 1. The Hall–Kier alpha value is -3.22. The fourth-order valence-corrected chi connectivity index (χ4v) is 2.40. The maximum Gasteiger partial charge on any atom is 0.261 e. The molecule has 0 radical (unpaired) electrons. The summed E-state index contributed by atoms with van der Waals surface area (Å²) in [6, 6.07) is 11.5. The Morgan fingerprint density at radius 3 is 2.84 bits per heavy atom. The summed E-state index contributed by atoms with van der Waals surface area (Å²) in [7, 11) is 0. The number of furan rings is 1. The monoisotopic (exact) mass is 340 g/mol. The molecule has 0 aliphatic rings. The second-order valence-electron chi connectivity index (χ2n) is 5.56. The summed E-state index contributed by atoms with van der Waals surface area (Å²) in [5, 5.41) is 8.06. The molecule has 0 saturated heterocycles. The van der Waals surface area contributed by atoms with E-state index in [0.717, 1.165) is 11.4 Å². The Kier molecular flexibility index (Phi) is 4.74. The Bertz CT molecular complexity index is 927. The molecular formula is C18H17FN4O2. The molecule has 2 aromatic heterocycles. The molecule has 0 spiro atoms. The van der Waals surface area contributed by atoms with E-state index in [1.807, 2.05) is 19.9 Å². The van der Waals surface area contributed by atoms with Crippen LogP contribution in [0.4, 0.5) is 4.39 Å². The predicted molar refractivity (Wildman–Crippen MR) is 91.5 cm³/mol. The van der Waals surface area contributed by atoms with Gasteiger partial charge in [-0.2, -0.15) is 10.2 Å². The highest BCUT2D eigenvalue weighted by Crippen LogP contribution is 2.24. The van der Waals surface area contributed by atoms with E-state index < -0.39 is 0 Å². The number of benzene rings is 1. The van der Waals surface area contributed by atoms with Gasteiger partial charge < -0.3 is 4.42 Å². The van der Waals surface area contributed by atoms with E-state index in [4.69, 9.17) is 4.42 Å². The number of aryl methyl sites for hydroxylation is 2. The van der Waals surface area contributed by atoms with E-state index in [-0.39, 0.29) is 18.3 Å². The van der Waals surface area contributed by atoms with E-state index in [2.05, 4.69) is 15.6 Å². The summed E-state index contributed by atoms with van der Waals surface area (Å²) in [6.07, 6.45) is 1.36. The van der Waals surface area contributed by atoms with E-state index in [9.17, 15) is 9.18 Å². The molecular weight excluding hydrogens is 323 g/mol. The third kappa shape index (κ3) is 4.00. The summed E-state index contributed by atoms with van der Waals surface area (Å²) >= 11 is 0. The van der Waals surface area contributed by atoms with Gasteiger partial charge >= 0.3 is 0 Å². The van der Waals surface area contributed by atoms with Crippen LogP contribution >= 0.6 is 0 Å². The van der Waals surface area contributed by atoms with Crippen molar-refractivity contribution in [3.05, 3.63) is 65.4 Å². The van der Waals surface area contributed by atoms with Gasteiger partial charge in [-0.1, -0.05) is 12.1 Å². The van der Waals surface area contributed by atoms with Gasteiger partial charge in [0, 0.05) is 5.69 Å². The Morgan fingerprint density at radius 2 is 2.12 bits per heavy atom. The number of hydrogen-bond acceptors (Lipinski definition) is 4. The van der Waals surface area contributed by atoms with Gasteiger partial charge in [0.2, 0.25) is 0 Å². The summed E-state index contributed by atoms with van der Waals surface area (Å²) in [5.74, 6) is 0.139. The number of hydrazone groups is 1. The normalized spacial score (nSPS) is 11.2. The first kappa shape index (κ1) is 16.6. The molecule has 0 aliphatic heterocycles. The minimum atomic E-state index is -0.362. The van der Waals surface area contributed by atoms with Gasteiger partial charge in [-0.25, -0.2) is 9.82 Å². The number of hydrogen-bond donors (Lipinski definition) is 1. The molecule has 0 bridgehead atoms. The highest BCUT2D eigenvalue weighted by molar-refractivity contribution is 5.81. The van der Waals surface area contributed by atoms with Crippen molar-refractivity contribution in [1.29, 1.82) is 0 Å². The van der Waals surface area contributed by atoms with Crippen LogP contribution in [0.5, 0.6) is 0 Å². The first-order chi connectivity index (χ1) is 12.0. The minimum Gasteiger partial charge on any atom is -0.455 e. The third-order valence-corrected chi connectivity index (χ3v) is 3.54. The van der Waals surface area contributed by atoms with Gasteiger partial charge in [0.05, 0.1) is 17.5 Å². The van der Waals surface area contributed by atoms with Crippen LogP contribution in [0.1, 0.15) is 17.1 Å². The van der Waals surface area contributed by atoms with Crippen LogP contribution in [0, 0.1) is 19.7 Å². The average Bonchev–Trinajstić information content (AvgIpc) is 3.15. The van der Waals surface area contributed by atoms with Crippen molar-refractivity contribution < 1.29 is 13.6 Å². The Morgan fingerprint density at radius 1 is 1.32 bits per heavy atom. The zero-order chi connectivity index (χ0) is 17.8. The number of rotatable bonds is 5. The van der Waals surface area contributed by atoms with Gasteiger partial charge in [0.1, 0.15) is 23.9 Å². The quantitative estimate of drug-likeness (QED) is 0.573. The fraction of sp³-hybridized carbons (Fsp3) is 0.167. The smallest absolute Gasteiger partial charge is 0.261 e. The number of carbonyl (C=O) groups excluding carboxylic acids is 1. The summed E-state index contributed by atoms with van der Waals surface area (Å²) in [4.78, 5) is 11.9. The predicted octanol–water partition coefficient (Wildman–Crippen LogP) is 3.05. The van der Waals surface area contributed by atoms with Crippen LogP contribution in [-0.2, 0) is 11.3 Å². The van der Waals surface area contributed by atoms with Crippen LogP contribution in [0.15, 0.2) is 52.0 Å². The summed E-state index contributed by atoms with van der Waals surface area (Å²) in [5.41, 5.74) is 4.54. The van der Waals surface area contributed by atoms with Crippen molar-refractivity contribution in [1.82, 2.24) is 15.2 Å². The summed E-state index contributed by atoms with van der Waals surface area (Å²) in [6.45, 7) is 3.82. The minimum absolute atomic E-state index is 0.0790.